The number of carbonyl (C=O) groups excluding carboxylic acids is 1. The average molecular weight is 580 g/mol. The van der Waals surface area contributed by atoms with Gasteiger partial charge in [-0.05, 0) is 56.5 Å². The van der Waals surface area contributed by atoms with Crippen LogP contribution in [0.3, 0.4) is 0 Å². The Labute approximate surface area is 242 Å². The first-order valence-electron chi connectivity index (χ1n) is 13.8. The summed E-state index contributed by atoms with van der Waals surface area (Å²) >= 11 is 0. The summed E-state index contributed by atoms with van der Waals surface area (Å²) in [5.41, 5.74) is 3.86. The molecule has 1 amide bonds. The topological polar surface area (TPSA) is 97.4 Å². The number of benzene rings is 3. The second-order valence-corrected chi connectivity index (χ2v) is 12.2. The lowest BCUT2D eigenvalue weighted by Crippen LogP contribution is -2.35. The third kappa shape index (κ3) is 6.19. The van der Waals surface area contributed by atoms with E-state index in [-0.39, 0.29) is 18.1 Å². The first-order valence-corrected chi connectivity index (χ1v) is 15.2. The van der Waals surface area contributed by atoms with Crippen LogP contribution in [0.5, 0.6) is 11.5 Å². The van der Waals surface area contributed by atoms with Gasteiger partial charge in [-0.3, -0.25) is 9.52 Å². The number of hydrogen-bond acceptors (Lipinski definition) is 6. The largest absolute Gasteiger partial charge is 0.496 e. The van der Waals surface area contributed by atoms with E-state index in [0.29, 0.717) is 48.8 Å². The van der Waals surface area contributed by atoms with Crippen molar-refractivity contribution in [1.82, 2.24) is 9.21 Å². The Hall–Kier alpha value is -3.60. The Bertz CT molecular complexity index is 1510. The number of ether oxygens (including phenoxy) is 3. The van der Waals surface area contributed by atoms with Crippen LogP contribution in [0, 0.1) is 13.8 Å². The maximum atomic E-state index is 13.5. The number of para-hydroxylation sites is 1. The van der Waals surface area contributed by atoms with Crippen LogP contribution in [-0.2, 0) is 14.9 Å². The number of carbonyl (C=O) groups is 1. The first kappa shape index (κ1) is 28.9. The predicted molar refractivity (Wildman–Crippen MR) is 158 cm³/mol. The van der Waals surface area contributed by atoms with E-state index < -0.39 is 16.3 Å². The van der Waals surface area contributed by atoms with E-state index in [9.17, 15) is 13.2 Å². The van der Waals surface area contributed by atoms with Gasteiger partial charge in [0.1, 0.15) is 23.7 Å². The third-order valence-corrected chi connectivity index (χ3v) is 9.36. The van der Waals surface area contributed by atoms with Crippen LogP contribution in [0.15, 0.2) is 66.7 Å². The van der Waals surface area contributed by atoms with E-state index in [1.54, 1.807) is 43.4 Å². The third-order valence-electron chi connectivity index (χ3n) is 7.81. The van der Waals surface area contributed by atoms with E-state index in [1.165, 1.54) is 4.31 Å². The maximum absolute atomic E-state index is 13.5. The highest BCUT2D eigenvalue weighted by molar-refractivity contribution is 7.90. The molecule has 2 fully saturated rings. The molecule has 0 aliphatic carbocycles. The van der Waals surface area contributed by atoms with E-state index >= 15 is 0 Å². The molecule has 3 aromatic rings. The van der Waals surface area contributed by atoms with Crippen LogP contribution in [-0.4, -0.2) is 69.6 Å². The van der Waals surface area contributed by atoms with E-state index in [1.807, 2.05) is 56.3 Å². The summed E-state index contributed by atoms with van der Waals surface area (Å²) < 4.78 is 48.7. The van der Waals surface area contributed by atoms with Gasteiger partial charge >= 0.3 is 10.2 Å². The Morgan fingerprint density at radius 1 is 0.951 bits per heavy atom. The Balaban J connectivity index is 1.29. The fourth-order valence-corrected chi connectivity index (χ4v) is 7.15. The molecule has 10 heteroatoms. The normalized spacial score (nSPS) is 21.2. The van der Waals surface area contributed by atoms with Crippen LogP contribution in [0.25, 0.3) is 0 Å². The van der Waals surface area contributed by atoms with Gasteiger partial charge in [0.2, 0.25) is 0 Å². The number of anilines is 1. The average Bonchev–Trinajstić information content (AvgIpc) is 3.62. The molecule has 1 N–H and O–H groups in total. The standard InChI is InChI=1S/C31H37N3O6S/c1-21-14-15-22(2)26(17-21)31(35)33-19-29(39-4)30(20-33)40-24-10-7-9-23(18-24)32-41(36,37)34-16-8-12-27(34)25-11-5-6-13-28(25)38-3/h5-7,9-11,13-15,17-18,27,29-30,32H,8,12,16,19-20H2,1-4H3/t27?,29-,30-/m1/s1. The van der Waals surface area contributed by atoms with Crippen LogP contribution in [0.4, 0.5) is 5.69 Å². The smallest absolute Gasteiger partial charge is 0.302 e. The molecule has 9 nitrogen and oxygen atoms in total. The molecule has 1 unspecified atom stereocenters. The van der Waals surface area contributed by atoms with Crippen LogP contribution in [0.1, 0.15) is 45.9 Å². The molecule has 2 saturated heterocycles. The van der Waals surface area contributed by atoms with Gasteiger partial charge in [0, 0.05) is 30.8 Å². The minimum absolute atomic E-state index is 0.0592. The molecule has 2 aliphatic rings. The van der Waals surface area contributed by atoms with Gasteiger partial charge in [-0.25, -0.2) is 0 Å². The molecular formula is C31H37N3O6S. The van der Waals surface area contributed by atoms with E-state index in [2.05, 4.69) is 4.72 Å². The highest BCUT2D eigenvalue weighted by Crippen LogP contribution is 2.39. The number of rotatable bonds is 9. The summed E-state index contributed by atoms with van der Waals surface area (Å²) in [6.45, 7) is 5.07. The van der Waals surface area contributed by atoms with Gasteiger partial charge in [0.25, 0.3) is 5.91 Å². The monoisotopic (exact) mass is 579 g/mol. The lowest BCUT2D eigenvalue weighted by atomic mass is 10.0. The van der Waals surface area contributed by atoms with Crippen molar-refractivity contribution in [1.29, 1.82) is 0 Å². The SMILES string of the molecule is COc1ccccc1C1CCCN1S(=O)(=O)Nc1cccc(O[C@@H]2CN(C(=O)c3cc(C)ccc3C)C[C@H]2OC)c1. The van der Waals surface area contributed by atoms with Crippen molar-refractivity contribution in [2.45, 2.75) is 44.9 Å². The van der Waals surface area contributed by atoms with Crippen molar-refractivity contribution in [2.24, 2.45) is 0 Å². The molecule has 2 aliphatic heterocycles. The number of nitrogens with one attached hydrogen (secondary N) is 1. The molecule has 0 spiro atoms. The van der Waals surface area contributed by atoms with Gasteiger partial charge in [0.15, 0.2) is 0 Å². The van der Waals surface area contributed by atoms with Crippen molar-refractivity contribution < 1.29 is 27.4 Å². The number of hydrogen-bond donors (Lipinski definition) is 1. The summed E-state index contributed by atoms with van der Waals surface area (Å²) in [5.74, 6) is 1.10. The molecule has 5 rings (SSSR count). The second kappa shape index (κ2) is 12.1. The predicted octanol–water partition coefficient (Wildman–Crippen LogP) is 4.72. The van der Waals surface area contributed by atoms with Crippen molar-refractivity contribution in [2.75, 3.05) is 38.6 Å². The number of likely N-dealkylation sites (tertiary alicyclic amines) is 1. The molecule has 0 bridgehead atoms. The van der Waals surface area contributed by atoms with Crippen LogP contribution >= 0.6 is 0 Å². The molecule has 0 radical (unpaired) electrons. The van der Waals surface area contributed by atoms with Crippen molar-refractivity contribution in [3.63, 3.8) is 0 Å². The number of aryl methyl sites for hydroxylation is 2. The fraction of sp³-hybridized carbons (Fsp3) is 0.387. The van der Waals surface area contributed by atoms with Gasteiger partial charge < -0.3 is 19.1 Å². The zero-order chi connectivity index (χ0) is 29.1. The lowest BCUT2D eigenvalue weighted by Gasteiger charge is -2.26. The number of methoxy groups -OCH3 is 2. The summed E-state index contributed by atoms with van der Waals surface area (Å²) in [7, 11) is -0.665. The summed E-state index contributed by atoms with van der Waals surface area (Å²) in [4.78, 5) is 15.1. The van der Waals surface area contributed by atoms with Gasteiger partial charge in [0.05, 0.1) is 31.9 Å². The Morgan fingerprint density at radius 3 is 2.51 bits per heavy atom. The quantitative estimate of drug-likeness (QED) is 0.394. The van der Waals surface area contributed by atoms with Gasteiger partial charge in [-0.1, -0.05) is 42.0 Å². The molecule has 0 aromatic heterocycles. The van der Waals surface area contributed by atoms with Crippen molar-refractivity contribution in [3.8, 4) is 11.5 Å². The highest BCUT2D eigenvalue weighted by Gasteiger charge is 2.39. The molecule has 3 aromatic carbocycles. The lowest BCUT2D eigenvalue weighted by molar-refractivity contribution is 0.0340. The van der Waals surface area contributed by atoms with Gasteiger partial charge in [-0.2, -0.15) is 12.7 Å². The molecule has 3 atom stereocenters. The minimum Gasteiger partial charge on any atom is -0.496 e. The zero-order valence-electron chi connectivity index (χ0n) is 23.9. The minimum atomic E-state index is -3.86. The number of amides is 1. The molecular weight excluding hydrogens is 542 g/mol. The summed E-state index contributed by atoms with van der Waals surface area (Å²) in [6, 6.07) is 19.9. The second-order valence-electron chi connectivity index (χ2n) is 10.6. The van der Waals surface area contributed by atoms with Crippen LogP contribution < -0.4 is 14.2 Å². The van der Waals surface area contributed by atoms with E-state index in [4.69, 9.17) is 14.2 Å². The molecule has 0 saturated carbocycles. The molecule has 218 valence electrons. The van der Waals surface area contributed by atoms with E-state index in [0.717, 1.165) is 23.1 Å². The van der Waals surface area contributed by atoms with Crippen molar-refractivity contribution in [3.05, 3.63) is 89.0 Å². The highest BCUT2D eigenvalue weighted by atomic mass is 32.2. The zero-order valence-corrected chi connectivity index (χ0v) is 24.7. The summed E-state index contributed by atoms with van der Waals surface area (Å²) in [6.07, 6.45) is 0.733. The van der Waals surface area contributed by atoms with Crippen molar-refractivity contribution >= 4 is 21.8 Å². The maximum Gasteiger partial charge on any atom is 0.302 e. The Morgan fingerprint density at radius 2 is 1.73 bits per heavy atom. The Kier molecular flexibility index (Phi) is 8.53. The molecule has 41 heavy (non-hydrogen) atoms. The van der Waals surface area contributed by atoms with Gasteiger partial charge in [-0.15, -0.1) is 0 Å². The fourth-order valence-electron chi connectivity index (χ4n) is 5.68. The molecule has 2 heterocycles. The summed E-state index contributed by atoms with van der Waals surface area (Å²) in [5, 5.41) is 0. The number of nitrogens with zero attached hydrogens (tertiary/aromatic N) is 2. The first-order chi connectivity index (χ1) is 19.7. The van der Waals surface area contributed by atoms with Crippen LogP contribution in [0.2, 0.25) is 0 Å².